The van der Waals surface area contributed by atoms with Crippen molar-refractivity contribution in [1.82, 2.24) is 4.98 Å². The average Bonchev–Trinajstić information content (AvgIpc) is 2.38. The first-order valence-corrected chi connectivity index (χ1v) is 6.03. The molecule has 0 radical (unpaired) electrons. The van der Waals surface area contributed by atoms with Crippen molar-refractivity contribution in [3.63, 3.8) is 0 Å². The summed E-state index contributed by atoms with van der Waals surface area (Å²) < 4.78 is 5.76. The van der Waals surface area contributed by atoms with E-state index in [-0.39, 0.29) is 6.61 Å². The average molecular weight is 243 g/mol. The Hall–Kier alpha value is -1.87. The molecule has 3 nitrogen and oxygen atoms in total. The third-order valence-electron chi connectivity index (χ3n) is 2.68. The molecule has 2 rings (SSSR count). The standard InChI is InChI=1S/C15H17NO2/c1-12-5-4-7-14(16-12)11-18-15-8-3-2-6-13(15)9-10-17/h2-8,17H,9-11H2,1H3. The molecule has 94 valence electrons. The minimum atomic E-state index is 0.128. The fourth-order valence-corrected chi connectivity index (χ4v) is 1.80. The summed E-state index contributed by atoms with van der Waals surface area (Å²) in [5.74, 6) is 0.815. The Morgan fingerprint density at radius 2 is 1.94 bits per heavy atom. The molecule has 0 bridgehead atoms. The van der Waals surface area contributed by atoms with E-state index in [0.717, 1.165) is 22.7 Å². The highest BCUT2D eigenvalue weighted by Crippen LogP contribution is 2.19. The summed E-state index contributed by atoms with van der Waals surface area (Å²) in [6.45, 7) is 2.54. The molecule has 0 fully saturated rings. The zero-order valence-corrected chi connectivity index (χ0v) is 10.5. The molecule has 0 saturated heterocycles. The van der Waals surface area contributed by atoms with Crippen LogP contribution in [0.25, 0.3) is 0 Å². The van der Waals surface area contributed by atoms with Gasteiger partial charge in [-0.1, -0.05) is 24.3 Å². The summed E-state index contributed by atoms with van der Waals surface area (Å²) in [6, 6.07) is 13.6. The van der Waals surface area contributed by atoms with Gasteiger partial charge in [-0.15, -0.1) is 0 Å². The van der Waals surface area contributed by atoms with Crippen LogP contribution in [-0.4, -0.2) is 16.7 Å². The maximum Gasteiger partial charge on any atom is 0.130 e. The highest BCUT2D eigenvalue weighted by atomic mass is 16.5. The lowest BCUT2D eigenvalue weighted by molar-refractivity contribution is 0.281. The van der Waals surface area contributed by atoms with E-state index in [1.807, 2.05) is 49.4 Å². The van der Waals surface area contributed by atoms with Crippen molar-refractivity contribution in [3.8, 4) is 5.75 Å². The van der Waals surface area contributed by atoms with Crippen molar-refractivity contribution in [3.05, 3.63) is 59.4 Å². The SMILES string of the molecule is Cc1cccc(COc2ccccc2CCO)n1. The van der Waals surface area contributed by atoms with E-state index in [0.29, 0.717) is 13.0 Å². The van der Waals surface area contributed by atoms with E-state index in [1.54, 1.807) is 0 Å². The first-order valence-electron chi connectivity index (χ1n) is 6.03. The normalized spacial score (nSPS) is 10.3. The number of hydrogen-bond donors (Lipinski definition) is 1. The van der Waals surface area contributed by atoms with Gasteiger partial charge in [0.15, 0.2) is 0 Å². The summed E-state index contributed by atoms with van der Waals surface area (Å²) in [6.07, 6.45) is 0.609. The van der Waals surface area contributed by atoms with Gasteiger partial charge in [0, 0.05) is 12.3 Å². The van der Waals surface area contributed by atoms with Gasteiger partial charge < -0.3 is 9.84 Å². The molecule has 0 spiro atoms. The molecule has 0 atom stereocenters. The minimum Gasteiger partial charge on any atom is -0.487 e. The smallest absolute Gasteiger partial charge is 0.130 e. The molecule has 0 saturated carbocycles. The Kier molecular flexibility index (Phi) is 4.31. The molecule has 1 aromatic heterocycles. The summed E-state index contributed by atoms with van der Waals surface area (Å²) in [4.78, 5) is 4.39. The predicted octanol–water partition coefficient (Wildman–Crippen LogP) is 2.50. The second-order valence-corrected chi connectivity index (χ2v) is 4.14. The topological polar surface area (TPSA) is 42.4 Å². The van der Waals surface area contributed by atoms with Crippen LogP contribution >= 0.6 is 0 Å². The lowest BCUT2D eigenvalue weighted by Crippen LogP contribution is -2.02. The molecule has 18 heavy (non-hydrogen) atoms. The summed E-state index contributed by atoms with van der Waals surface area (Å²) in [5, 5.41) is 9.00. The van der Waals surface area contributed by atoms with Crippen molar-refractivity contribution in [2.45, 2.75) is 20.0 Å². The van der Waals surface area contributed by atoms with Crippen LogP contribution in [0.2, 0.25) is 0 Å². The van der Waals surface area contributed by atoms with Crippen molar-refractivity contribution in [2.75, 3.05) is 6.61 Å². The number of aliphatic hydroxyl groups excluding tert-OH is 1. The van der Waals surface area contributed by atoms with Gasteiger partial charge in [-0.2, -0.15) is 0 Å². The number of aryl methyl sites for hydroxylation is 1. The first-order chi connectivity index (χ1) is 8.79. The molecule has 1 aromatic carbocycles. The highest BCUT2D eigenvalue weighted by molar-refractivity contribution is 5.33. The molecular weight excluding hydrogens is 226 g/mol. The van der Waals surface area contributed by atoms with Crippen LogP contribution in [0.1, 0.15) is 17.0 Å². The second-order valence-electron chi connectivity index (χ2n) is 4.14. The van der Waals surface area contributed by atoms with Gasteiger partial charge in [-0.25, -0.2) is 0 Å². The third kappa shape index (κ3) is 3.31. The predicted molar refractivity (Wildman–Crippen MR) is 70.5 cm³/mol. The summed E-state index contributed by atoms with van der Waals surface area (Å²) >= 11 is 0. The number of para-hydroxylation sites is 1. The number of ether oxygens (including phenoxy) is 1. The number of hydrogen-bond acceptors (Lipinski definition) is 3. The number of pyridine rings is 1. The molecule has 3 heteroatoms. The number of rotatable bonds is 5. The molecule has 0 amide bonds. The van der Waals surface area contributed by atoms with Gasteiger partial charge >= 0.3 is 0 Å². The van der Waals surface area contributed by atoms with Crippen molar-refractivity contribution in [1.29, 1.82) is 0 Å². The largest absolute Gasteiger partial charge is 0.487 e. The van der Waals surface area contributed by atoms with Crippen molar-refractivity contribution < 1.29 is 9.84 Å². The van der Waals surface area contributed by atoms with Gasteiger partial charge in [0.2, 0.25) is 0 Å². The number of aliphatic hydroxyl groups is 1. The van der Waals surface area contributed by atoms with Crippen LogP contribution < -0.4 is 4.74 Å². The zero-order chi connectivity index (χ0) is 12.8. The van der Waals surface area contributed by atoms with E-state index >= 15 is 0 Å². The second kappa shape index (κ2) is 6.17. The highest BCUT2D eigenvalue weighted by Gasteiger charge is 2.03. The Morgan fingerprint density at radius 1 is 1.11 bits per heavy atom. The lowest BCUT2D eigenvalue weighted by Gasteiger charge is -2.10. The van der Waals surface area contributed by atoms with Crippen molar-refractivity contribution >= 4 is 0 Å². The molecule has 0 unspecified atom stereocenters. The maximum absolute atomic E-state index is 9.00. The van der Waals surface area contributed by atoms with Crippen LogP contribution in [0, 0.1) is 6.92 Å². The fourth-order valence-electron chi connectivity index (χ4n) is 1.80. The van der Waals surface area contributed by atoms with Crippen LogP contribution in [0.4, 0.5) is 0 Å². The van der Waals surface area contributed by atoms with E-state index in [4.69, 9.17) is 9.84 Å². The number of benzene rings is 1. The quantitative estimate of drug-likeness (QED) is 0.877. The van der Waals surface area contributed by atoms with Crippen LogP contribution in [-0.2, 0) is 13.0 Å². The van der Waals surface area contributed by atoms with Crippen LogP contribution in [0.5, 0.6) is 5.75 Å². The van der Waals surface area contributed by atoms with E-state index < -0.39 is 0 Å². The zero-order valence-electron chi connectivity index (χ0n) is 10.5. The van der Waals surface area contributed by atoms with E-state index in [9.17, 15) is 0 Å². The third-order valence-corrected chi connectivity index (χ3v) is 2.68. The van der Waals surface area contributed by atoms with Gasteiger partial charge in [0.05, 0.1) is 5.69 Å². The van der Waals surface area contributed by atoms with Gasteiger partial charge in [-0.05, 0) is 37.1 Å². The molecule has 0 aliphatic carbocycles. The maximum atomic E-state index is 9.00. The van der Waals surface area contributed by atoms with Gasteiger partial charge in [0.1, 0.15) is 12.4 Å². The van der Waals surface area contributed by atoms with Crippen LogP contribution in [0.3, 0.4) is 0 Å². The Morgan fingerprint density at radius 3 is 2.72 bits per heavy atom. The molecular formula is C15H17NO2. The Labute approximate surface area is 107 Å². The number of aromatic nitrogens is 1. The molecule has 2 aromatic rings. The van der Waals surface area contributed by atoms with Crippen molar-refractivity contribution in [2.24, 2.45) is 0 Å². The fraction of sp³-hybridized carbons (Fsp3) is 0.267. The summed E-state index contributed by atoms with van der Waals surface area (Å²) in [7, 11) is 0. The summed E-state index contributed by atoms with van der Waals surface area (Å²) in [5.41, 5.74) is 2.92. The number of nitrogens with zero attached hydrogens (tertiary/aromatic N) is 1. The Balaban J connectivity index is 2.06. The molecule has 1 N–H and O–H groups in total. The minimum absolute atomic E-state index is 0.128. The van der Waals surface area contributed by atoms with E-state index in [2.05, 4.69) is 4.98 Å². The Bertz CT molecular complexity index is 511. The molecule has 0 aliphatic rings. The molecule has 1 heterocycles. The monoisotopic (exact) mass is 243 g/mol. The van der Waals surface area contributed by atoms with Crippen LogP contribution in [0.15, 0.2) is 42.5 Å². The van der Waals surface area contributed by atoms with Gasteiger partial charge in [0.25, 0.3) is 0 Å². The lowest BCUT2D eigenvalue weighted by atomic mass is 10.1. The van der Waals surface area contributed by atoms with Gasteiger partial charge in [-0.3, -0.25) is 4.98 Å². The van der Waals surface area contributed by atoms with E-state index in [1.165, 1.54) is 0 Å². The first kappa shape index (κ1) is 12.6. The molecule has 0 aliphatic heterocycles.